The van der Waals surface area contributed by atoms with Crippen molar-refractivity contribution in [2.24, 2.45) is 4.99 Å². The Morgan fingerprint density at radius 3 is 2.75 bits per heavy atom. The highest BCUT2D eigenvalue weighted by molar-refractivity contribution is 5.71. The number of hydrogen-bond acceptors (Lipinski definition) is 1. The summed E-state index contributed by atoms with van der Waals surface area (Å²) in [4.78, 5) is 3.95. The lowest BCUT2D eigenvalue weighted by molar-refractivity contribution is 1.14. The molecule has 0 aromatic rings. The summed E-state index contributed by atoms with van der Waals surface area (Å²) in [5, 5.41) is 0. The van der Waals surface area contributed by atoms with Crippen LogP contribution in [-0.2, 0) is 0 Å². The monoisotopic (exact) mass is 109 g/mol. The Hall–Kier alpha value is -0.850. The van der Waals surface area contributed by atoms with Gasteiger partial charge in [-0.05, 0) is 13.0 Å². The molecule has 0 rings (SSSR count). The smallest absolute Gasteiger partial charge is 0.0360 e. The van der Waals surface area contributed by atoms with E-state index in [0.717, 1.165) is 6.54 Å². The predicted octanol–water partition coefficient (Wildman–Crippen LogP) is 1.82. The van der Waals surface area contributed by atoms with Crippen LogP contribution in [0.5, 0.6) is 0 Å². The van der Waals surface area contributed by atoms with Crippen LogP contribution in [0.25, 0.3) is 0 Å². The topological polar surface area (TPSA) is 12.4 Å². The molecule has 0 aliphatic carbocycles. The largest absolute Gasteiger partial charge is 0.293 e. The molecule has 0 N–H and O–H groups in total. The van der Waals surface area contributed by atoms with Crippen LogP contribution in [0, 0.1) is 0 Å². The molecule has 0 spiro atoms. The van der Waals surface area contributed by atoms with Crippen molar-refractivity contribution in [2.45, 2.75) is 6.92 Å². The first kappa shape index (κ1) is 7.15. The molecule has 0 bridgehead atoms. The van der Waals surface area contributed by atoms with Crippen LogP contribution in [0.2, 0.25) is 0 Å². The van der Waals surface area contributed by atoms with Crippen molar-refractivity contribution in [3.63, 3.8) is 0 Å². The molecule has 8 heavy (non-hydrogen) atoms. The van der Waals surface area contributed by atoms with E-state index in [0.29, 0.717) is 0 Å². The number of rotatable bonds is 3. The van der Waals surface area contributed by atoms with Gasteiger partial charge in [0.2, 0.25) is 0 Å². The number of nitrogens with zero attached hydrogens (tertiary/aromatic N) is 1. The van der Waals surface area contributed by atoms with Crippen molar-refractivity contribution in [1.29, 1.82) is 0 Å². The van der Waals surface area contributed by atoms with Crippen molar-refractivity contribution in [3.05, 3.63) is 24.8 Å². The van der Waals surface area contributed by atoms with Gasteiger partial charge >= 0.3 is 0 Å². The minimum absolute atomic E-state index is 0.849. The number of aliphatic imine (C=N–C) groups is 1. The van der Waals surface area contributed by atoms with Gasteiger partial charge in [-0.15, -0.1) is 0 Å². The van der Waals surface area contributed by atoms with E-state index in [1.54, 1.807) is 12.3 Å². The van der Waals surface area contributed by atoms with Gasteiger partial charge in [0.25, 0.3) is 0 Å². The van der Waals surface area contributed by atoms with E-state index in [9.17, 15) is 0 Å². The Bertz CT molecular complexity index is 101. The van der Waals surface area contributed by atoms with E-state index in [-0.39, 0.29) is 0 Å². The Morgan fingerprint density at radius 1 is 1.50 bits per heavy atom. The second-order valence-corrected chi connectivity index (χ2v) is 1.27. The summed E-state index contributed by atoms with van der Waals surface area (Å²) in [6, 6.07) is 0. The Kier molecular flexibility index (Phi) is 5.50. The predicted molar refractivity (Wildman–Crippen MR) is 38.4 cm³/mol. The van der Waals surface area contributed by atoms with Crippen LogP contribution in [0.15, 0.2) is 29.8 Å². The third-order valence-corrected chi connectivity index (χ3v) is 0.621. The summed E-state index contributed by atoms with van der Waals surface area (Å²) in [5.41, 5.74) is 0. The lowest BCUT2D eigenvalue weighted by Gasteiger charge is -1.72. The molecular weight excluding hydrogens is 98.1 g/mol. The maximum atomic E-state index is 3.95. The van der Waals surface area contributed by atoms with E-state index < -0.39 is 0 Å². The van der Waals surface area contributed by atoms with Crippen LogP contribution < -0.4 is 0 Å². The van der Waals surface area contributed by atoms with Gasteiger partial charge in [-0.3, -0.25) is 4.99 Å². The molecule has 0 fully saturated rings. The molecule has 0 aromatic carbocycles. The summed E-state index contributed by atoms with van der Waals surface area (Å²) < 4.78 is 0. The van der Waals surface area contributed by atoms with Crippen LogP contribution in [0.3, 0.4) is 0 Å². The molecule has 44 valence electrons. The van der Waals surface area contributed by atoms with E-state index in [2.05, 4.69) is 11.6 Å². The van der Waals surface area contributed by atoms with Crippen molar-refractivity contribution in [1.82, 2.24) is 0 Å². The summed E-state index contributed by atoms with van der Waals surface area (Å²) in [7, 11) is 0. The zero-order chi connectivity index (χ0) is 6.24. The highest BCUT2D eigenvalue weighted by atomic mass is 14.7. The van der Waals surface area contributed by atoms with Crippen LogP contribution in [0.4, 0.5) is 0 Å². The van der Waals surface area contributed by atoms with Crippen molar-refractivity contribution >= 4 is 6.21 Å². The molecule has 0 saturated heterocycles. The third-order valence-electron chi connectivity index (χ3n) is 0.621. The Morgan fingerprint density at radius 2 is 2.25 bits per heavy atom. The standard InChI is InChI=1S/C7H11N/c1-3-5-6-7-8-4-2/h3,5-7H,1,4H2,2H3/b6-5-,8-7-. The van der Waals surface area contributed by atoms with Crippen molar-refractivity contribution in [3.8, 4) is 0 Å². The molecule has 0 aliphatic rings. The van der Waals surface area contributed by atoms with Gasteiger partial charge in [0, 0.05) is 12.8 Å². The normalized spacial score (nSPS) is 11.1. The molecule has 0 amide bonds. The zero-order valence-electron chi connectivity index (χ0n) is 5.17. The average Bonchev–Trinajstić information content (AvgIpc) is 1.81. The van der Waals surface area contributed by atoms with Gasteiger partial charge in [-0.1, -0.05) is 18.7 Å². The zero-order valence-corrected chi connectivity index (χ0v) is 5.17. The Labute approximate surface area is 50.4 Å². The van der Waals surface area contributed by atoms with Gasteiger partial charge in [0.1, 0.15) is 0 Å². The second kappa shape index (κ2) is 6.15. The SMILES string of the molecule is C=C/C=C\C=N/CC. The first-order chi connectivity index (χ1) is 3.91. The molecule has 0 heterocycles. The summed E-state index contributed by atoms with van der Waals surface area (Å²) >= 11 is 0. The first-order valence-corrected chi connectivity index (χ1v) is 2.69. The van der Waals surface area contributed by atoms with Gasteiger partial charge in [0.15, 0.2) is 0 Å². The first-order valence-electron chi connectivity index (χ1n) is 2.69. The molecule has 1 nitrogen and oxygen atoms in total. The third kappa shape index (κ3) is 5.15. The van der Waals surface area contributed by atoms with Crippen LogP contribution >= 0.6 is 0 Å². The lowest BCUT2D eigenvalue weighted by atomic mass is 10.5. The van der Waals surface area contributed by atoms with Crippen LogP contribution in [-0.4, -0.2) is 12.8 Å². The molecule has 0 radical (unpaired) electrons. The highest BCUT2D eigenvalue weighted by Crippen LogP contribution is 1.69. The van der Waals surface area contributed by atoms with Crippen molar-refractivity contribution in [2.75, 3.05) is 6.54 Å². The maximum Gasteiger partial charge on any atom is 0.0360 e. The van der Waals surface area contributed by atoms with E-state index in [1.807, 2.05) is 19.1 Å². The van der Waals surface area contributed by atoms with Gasteiger partial charge in [-0.2, -0.15) is 0 Å². The molecule has 0 aliphatic heterocycles. The second-order valence-electron chi connectivity index (χ2n) is 1.27. The molecule has 0 unspecified atom stereocenters. The fourth-order valence-electron chi connectivity index (χ4n) is 0.295. The minimum Gasteiger partial charge on any atom is -0.293 e. The highest BCUT2D eigenvalue weighted by Gasteiger charge is 1.59. The molecular formula is C7H11N. The minimum atomic E-state index is 0.849. The van der Waals surface area contributed by atoms with E-state index in [1.165, 1.54) is 0 Å². The fraction of sp³-hybridized carbons (Fsp3) is 0.286. The summed E-state index contributed by atoms with van der Waals surface area (Å²) in [6.07, 6.45) is 7.19. The molecule has 0 aromatic heterocycles. The molecule has 0 saturated carbocycles. The number of hydrogen-bond donors (Lipinski definition) is 0. The summed E-state index contributed by atoms with van der Waals surface area (Å²) in [5.74, 6) is 0. The number of allylic oxidation sites excluding steroid dienone is 3. The molecule has 0 atom stereocenters. The van der Waals surface area contributed by atoms with Crippen molar-refractivity contribution < 1.29 is 0 Å². The Balaban J connectivity index is 3.26. The van der Waals surface area contributed by atoms with Gasteiger partial charge in [0.05, 0.1) is 0 Å². The lowest BCUT2D eigenvalue weighted by Crippen LogP contribution is -1.66. The maximum absolute atomic E-state index is 3.95. The molecule has 1 heteroatoms. The van der Waals surface area contributed by atoms with Crippen LogP contribution in [0.1, 0.15) is 6.92 Å². The van der Waals surface area contributed by atoms with E-state index >= 15 is 0 Å². The quantitative estimate of drug-likeness (QED) is 0.387. The average molecular weight is 109 g/mol. The van der Waals surface area contributed by atoms with E-state index in [4.69, 9.17) is 0 Å². The summed E-state index contributed by atoms with van der Waals surface area (Å²) in [6.45, 7) is 6.36. The van der Waals surface area contributed by atoms with Gasteiger partial charge < -0.3 is 0 Å². The van der Waals surface area contributed by atoms with Gasteiger partial charge in [-0.25, -0.2) is 0 Å². The fourth-order valence-corrected chi connectivity index (χ4v) is 0.295.